The summed E-state index contributed by atoms with van der Waals surface area (Å²) in [5.74, 6) is 0.547. The zero-order valence-corrected chi connectivity index (χ0v) is 20.3. The van der Waals surface area contributed by atoms with E-state index in [1.807, 2.05) is 24.3 Å². The van der Waals surface area contributed by atoms with Crippen LogP contribution >= 0.6 is 0 Å². The van der Waals surface area contributed by atoms with Crippen LogP contribution in [0.5, 0.6) is 17.2 Å². The number of hydrogen-bond acceptors (Lipinski definition) is 7. The smallest absolute Gasteiger partial charge is 0.276 e. The van der Waals surface area contributed by atoms with Gasteiger partial charge in [0.2, 0.25) is 0 Å². The number of aromatic nitrogens is 1. The molecule has 1 heterocycles. The van der Waals surface area contributed by atoms with E-state index in [4.69, 9.17) is 24.5 Å². The lowest BCUT2D eigenvalue weighted by Crippen LogP contribution is -2.43. The van der Waals surface area contributed by atoms with E-state index in [0.29, 0.717) is 45.8 Å². The van der Waals surface area contributed by atoms with Crippen LogP contribution in [0.3, 0.4) is 0 Å². The van der Waals surface area contributed by atoms with Crippen molar-refractivity contribution >= 4 is 22.7 Å². The second kappa shape index (κ2) is 11.6. The first-order valence-electron chi connectivity index (χ1n) is 11.3. The number of methoxy groups -OCH3 is 2. The van der Waals surface area contributed by atoms with Gasteiger partial charge in [0.25, 0.3) is 11.8 Å². The molecule has 9 heteroatoms. The van der Waals surface area contributed by atoms with Crippen molar-refractivity contribution in [2.24, 2.45) is 0 Å². The highest BCUT2D eigenvalue weighted by atomic mass is 16.5. The maximum atomic E-state index is 13.1. The number of nitrogens with one attached hydrogen (secondary N) is 2. The lowest BCUT2D eigenvalue weighted by Gasteiger charge is -2.13. The first-order valence-corrected chi connectivity index (χ1v) is 11.3. The van der Waals surface area contributed by atoms with Gasteiger partial charge in [0, 0.05) is 10.9 Å². The number of pyridine rings is 1. The fourth-order valence-electron chi connectivity index (χ4n) is 3.68. The number of amides is 2. The topological polar surface area (TPSA) is 123 Å². The molecule has 0 spiro atoms. The predicted molar refractivity (Wildman–Crippen MR) is 137 cm³/mol. The third-order valence-electron chi connectivity index (χ3n) is 5.53. The largest absolute Gasteiger partial charge is 0.493 e. The number of para-hydroxylation sites is 1. The first-order chi connectivity index (χ1) is 18.0. The fourth-order valence-corrected chi connectivity index (χ4v) is 3.68. The van der Waals surface area contributed by atoms with E-state index in [1.54, 1.807) is 62.8 Å². The minimum absolute atomic E-state index is 0.296. The number of nitriles is 1. The van der Waals surface area contributed by atoms with Gasteiger partial charge in [-0.3, -0.25) is 20.4 Å². The molecule has 9 nitrogen and oxygen atoms in total. The standard InChI is InChI=1S/C28H24N4O5/c1-35-25-12-9-19(15-26(25)36-2)24-16-22(21-5-3-4-6-23(21)30-24)28(34)32-31-27(33)17-37-20-10-7-18(8-11-20)13-14-29/h3-12,15-16H,13,17H2,1-2H3,(H,31,33)(H,32,34). The Labute approximate surface area is 213 Å². The van der Waals surface area contributed by atoms with Gasteiger partial charge in [-0.25, -0.2) is 4.98 Å². The summed E-state index contributed by atoms with van der Waals surface area (Å²) in [4.78, 5) is 30.0. The maximum absolute atomic E-state index is 13.1. The van der Waals surface area contributed by atoms with Crippen LogP contribution < -0.4 is 25.1 Å². The van der Waals surface area contributed by atoms with E-state index < -0.39 is 11.8 Å². The SMILES string of the molecule is COc1ccc(-c2cc(C(=O)NNC(=O)COc3ccc(CC#N)cc3)c3ccccc3n2)cc1OC. The monoisotopic (exact) mass is 496 g/mol. The Bertz CT molecular complexity index is 1480. The van der Waals surface area contributed by atoms with E-state index in [0.717, 1.165) is 11.1 Å². The molecule has 0 radical (unpaired) electrons. The molecule has 2 amide bonds. The summed E-state index contributed by atoms with van der Waals surface area (Å²) < 4.78 is 16.1. The number of hydrogen-bond donors (Lipinski definition) is 2. The number of nitrogens with zero attached hydrogens (tertiary/aromatic N) is 2. The van der Waals surface area contributed by atoms with Crippen LogP contribution in [0, 0.1) is 11.3 Å². The molecule has 0 bridgehead atoms. The Morgan fingerprint density at radius 3 is 2.41 bits per heavy atom. The van der Waals surface area contributed by atoms with Gasteiger partial charge >= 0.3 is 0 Å². The molecule has 0 unspecified atom stereocenters. The summed E-state index contributed by atoms with van der Waals surface area (Å²) in [7, 11) is 3.10. The van der Waals surface area contributed by atoms with Crippen molar-refractivity contribution in [1.29, 1.82) is 5.26 Å². The average molecular weight is 497 g/mol. The molecule has 0 aliphatic carbocycles. The highest BCUT2D eigenvalue weighted by Crippen LogP contribution is 2.33. The third kappa shape index (κ3) is 5.94. The van der Waals surface area contributed by atoms with Crippen LogP contribution in [0.15, 0.2) is 72.8 Å². The molecule has 1 aromatic heterocycles. The van der Waals surface area contributed by atoms with Crippen molar-refractivity contribution in [3.8, 4) is 34.6 Å². The van der Waals surface area contributed by atoms with Crippen LogP contribution in [-0.2, 0) is 11.2 Å². The Morgan fingerprint density at radius 1 is 0.919 bits per heavy atom. The van der Waals surface area contributed by atoms with E-state index in [1.165, 1.54) is 0 Å². The third-order valence-corrected chi connectivity index (χ3v) is 5.53. The Balaban J connectivity index is 1.48. The van der Waals surface area contributed by atoms with Crippen molar-refractivity contribution in [3.05, 3.63) is 83.9 Å². The minimum Gasteiger partial charge on any atom is -0.493 e. The normalized spacial score (nSPS) is 10.3. The summed E-state index contributed by atoms with van der Waals surface area (Å²) in [5.41, 5.74) is 7.92. The van der Waals surface area contributed by atoms with Crippen LogP contribution in [0.25, 0.3) is 22.2 Å². The van der Waals surface area contributed by atoms with Crippen molar-refractivity contribution in [2.75, 3.05) is 20.8 Å². The van der Waals surface area contributed by atoms with Gasteiger partial charge in [0.15, 0.2) is 18.1 Å². The van der Waals surface area contributed by atoms with Crippen LogP contribution in [0.4, 0.5) is 0 Å². The summed E-state index contributed by atoms with van der Waals surface area (Å²) >= 11 is 0. The van der Waals surface area contributed by atoms with E-state index in [9.17, 15) is 9.59 Å². The zero-order chi connectivity index (χ0) is 26.2. The molecule has 2 N–H and O–H groups in total. The molecule has 0 atom stereocenters. The quantitative estimate of drug-likeness (QED) is 0.356. The van der Waals surface area contributed by atoms with Crippen LogP contribution in [0.1, 0.15) is 15.9 Å². The van der Waals surface area contributed by atoms with Gasteiger partial charge in [-0.15, -0.1) is 0 Å². The van der Waals surface area contributed by atoms with Gasteiger partial charge in [-0.1, -0.05) is 30.3 Å². The van der Waals surface area contributed by atoms with Crippen molar-refractivity contribution in [3.63, 3.8) is 0 Å². The Morgan fingerprint density at radius 2 is 1.68 bits per heavy atom. The summed E-state index contributed by atoms with van der Waals surface area (Å²) in [6, 6.07) is 23.2. The number of ether oxygens (including phenoxy) is 3. The molecule has 0 aliphatic rings. The predicted octanol–water partition coefficient (Wildman–Crippen LogP) is 3.83. The number of fused-ring (bicyclic) bond motifs is 1. The molecule has 0 saturated carbocycles. The molecular formula is C28H24N4O5. The average Bonchev–Trinajstić information content (AvgIpc) is 2.94. The highest BCUT2D eigenvalue weighted by Gasteiger charge is 2.16. The van der Waals surface area contributed by atoms with Crippen LogP contribution in [-0.4, -0.2) is 37.6 Å². The molecule has 186 valence electrons. The molecule has 0 saturated heterocycles. The maximum Gasteiger partial charge on any atom is 0.276 e. The second-order valence-corrected chi connectivity index (χ2v) is 7.91. The van der Waals surface area contributed by atoms with Crippen molar-refractivity contribution in [2.45, 2.75) is 6.42 Å². The van der Waals surface area contributed by atoms with Gasteiger partial charge in [0.05, 0.1) is 43.5 Å². The van der Waals surface area contributed by atoms with E-state index >= 15 is 0 Å². The first kappa shape index (κ1) is 25.0. The van der Waals surface area contributed by atoms with Gasteiger partial charge in [0.1, 0.15) is 5.75 Å². The molecule has 4 rings (SSSR count). The van der Waals surface area contributed by atoms with Crippen molar-refractivity contribution in [1.82, 2.24) is 15.8 Å². The second-order valence-electron chi connectivity index (χ2n) is 7.91. The summed E-state index contributed by atoms with van der Waals surface area (Å²) in [5, 5.41) is 9.37. The lowest BCUT2D eigenvalue weighted by molar-refractivity contribution is -0.123. The molecule has 0 aliphatic heterocycles. The molecule has 4 aromatic rings. The summed E-state index contributed by atoms with van der Waals surface area (Å²) in [6.45, 7) is -0.300. The molecule has 0 fully saturated rings. The Hall–Kier alpha value is -5.10. The highest BCUT2D eigenvalue weighted by molar-refractivity contribution is 6.07. The minimum atomic E-state index is -0.534. The molecule has 3 aromatic carbocycles. The van der Waals surface area contributed by atoms with E-state index in [-0.39, 0.29) is 6.61 Å². The van der Waals surface area contributed by atoms with Gasteiger partial charge < -0.3 is 14.2 Å². The Kier molecular flexibility index (Phi) is 7.81. The van der Waals surface area contributed by atoms with Gasteiger partial charge in [-0.2, -0.15) is 5.26 Å². The number of carbonyl (C=O) groups is 2. The zero-order valence-electron chi connectivity index (χ0n) is 20.3. The number of carbonyl (C=O) groups excluding carboxylic acids is 2. The van der Waals surface area contributed by atoms with Crippen molar-refractivity contribution < 1.29 is 23.8 Å². The fraction of sp³-hybridized carbons (Fsp3) is 0.143. The molecule has 37 heavy (non-hydrogen) atoms. The van der Waals surface area contributed by atoms with Crippen LogP contribution in [0.2, 0.25) is 0 Å². The molecular weight excluding hydrogens is 472 g/mol. The van der Waals surface area contributed by atoms with Gasteiger partial charge in [-0.05, 0) is 48.0 Å². The number of rotatable bonds is 8. The number of hydrazine groups is 1. The summed E-state index contributed by atoms with van der Waals surface area (Å²) in [6.07, 6.45) is 0.296. The lowest BCUT2D eigenvalue weighted by atomic mass is 10.0. The number of benzene rings is 3. The van der Waals surface area contributed by atoms with E-state index in [2.05, 4.69) is 16.9 Å².